The van der Waals surface area contributed by atoms with E-state index in [4.69, 9.17) is 0 Å². The Morgan fingerprint density at radius 3 is 2.05 bits per heavy atom. The normalized spacial score (nSPS) is 10.8. The van der Waals surface area contributed by atoms with E-state index in [-0.39, 0.29) is 5.43 Å². The fourth-order valence-electron chi connectivity index (χ4n) is 2.47. The summed E-state index contributed by atoms with van der Waals surface area (Å²) in [6.45, 7) is 0. The molecule has 94 valence electrons. The number of rotatable bonds is 1. The Kier molecular flexibility index (Phi) is 2.71. The highest BCUT2D eigenvalue weighted by Gasteiger charge is 2.07. The number of hydrogen-bond acceptors (Lipinski definition) is 2. The molecule has 0 radical (unpaired) electrons. The molecule has 2 nitrogen and oxygen atoms in total. The maximum Gasteiger partial charge on any atom is 0.194 e. The van der Waals surface area contributed by atoms with Crippen molar-refractivity contribution >= 4 is 27.2 Å². The second-order valence-corrected chi connectivity index (χ2v) is 4.89. The Labute approximate surface area is 111 Å². The number of fused-ring (bicyclic) bond motifs is 2. The van der Waals surface area contributed by atoms with E-state index in [9.17, 15) is 4.79 Å². The third-order valence-electron chi connectivity index (χ3n) is 3.43. The van der Waals surface area contributed by atoms with Gasteiger partial charge >= 0.3 is 0 Å². The quantitative estimate of drug-likeness (QED) is 0.658. The second kappa shape index (κ2) is 4.39. The maximum atomic E-state index is 12.6. The fourth-order valence-corrected chi connectivity index (χ4v) is 2.47. The van der Waals surface area contributed by atoms with E-state index >= 15 is 0 Å². The molecule has 3 aromatic carbocycles. The third kappa shape index (κ3) is 1.85. The SMILES string of the molecule is CN(C)c1cc2ccccc2c(=O)c2ccccc12. The van der Waals surface area contributed by atoms with E-state index in [0.717, 1.165) is 27.2 Å². The number of hydrogen-bond donors (Lipinski definition) is 0. The smallest absolute Gasteiger partial charge is 0.194 e. The van der Waals surface area contributed by atoms with E-state index in [1.807, 2.05) is 67.5 Å². The molecule has 0 spiro atoms. The standard InChI is InChI=1S/C17H15NO/c1-18(2)16-11-12-7-3-4-8-13(12)17(19)15-10-6-5-9-14(15)16/h3-11H,1-2H3. The van der Waals surface area contributed by atoms with Gasteiger partial charge in [0, 0.05) is 35.9 Å². The highest BCUT2D eigenvalue weighted by molar-refractivity contribution is 6.01. The van der Waals surface area contributed by atoms with Gasteiger partial charge in [-0.05, 0) is 11.5 Å². The first kappa shape index (κ1) is 11.7. The average Bonchev–Trinajstić information content (AvgIpc) is 2.56. The zero-order chi connectivity index (χ0) is 13.4. The summed E-state index contributed by atoms with van der Waals surface area (Å²) < 4.78 is 0. The molecule has 0 saturated heterocycles. The molecule has 2 heteroatoms. The van der Waals surface area contributed by atoms with Gasteiger partial charge < -0.3 is 4.90 Å². The van der Waals surface area contributed by atoms with Gasteiger partial charge in [0.15, 0.2) is 5.43 Å². The lowest BCUT2D eigenvalue weighted by molar-refractivity contribution is 1.15. The molecular weight excluding hydrogens is 234 g/mol. The summed E-state index contributed by atoms with van der Waals surface area (Å²) in [5.74, 6) is 0. The highest BCUT2D eigenvalue weighted by atomic mass is 16.1. The molecule has 0 heterocycles. The van der Waals surface area contributed by atoms with Gasteiger partial charge in [-0.1, -0.05) is 48.5 Å². The summed E-state index contributed by atoms with van der Waals surface area (Å²) in [5.41, 5.74) is 1.16. The van der Waals surface area contributed by atoms with Crippen molar-refractivity contribution in [3.8, 4) is 0 Å². The van der Waals surface area contributed by atoms with Gasteiger partial charge in [-0.15, -0.1) is 0 Å². The van der Waals surface area contributed by atoms with Crippen molar-refractivity contribution in [3.05, 3.63) is 64.8 Å². The lowest BCUT2D eigenvalue weighted by Gasteiger charge is -2.12. The van der Waals surface area contributed by atoms with Crippen molar-refractivity contribution in [2.45, 2.75) is 0 Å². The number of anilines is 1. The molecule has 0 aliphatic rings. The summed E-state index contributed by atoms with van der Waals surface area (Å²) in [5, 5.41) is 3.51. The molecule has 0 amide bonds. The molecule has 3 aromatic rings. The molecule has 0 bridgehead atoms. The van der Waals surface area contributed by atoms with Crippen LogP contribution in [0, 0.1) is 0 Å². The molecule has 0 aromatic heterocycles. The highest BCUT2D eigenvalue weighted by Crippen LogP contribution is 2.25. The van der Waals surface area contributed by atoms with E-state index < -0.39 is 0 Å². The van der Waals surface area contributed by atoms with E-state index in [0.29, 0.717) is 0 Å². The van der Waals surface area contributed by atoms with Crippen molar-refractivity contribution in [1.29, 1.82) is 0 Å². The van der Waals surface area contributed by atoms with E-state index in [1.165, 1.54) is 0 Å². The largest absolute Gasteiger partial charge is 0.377 e. The fraction of sp³-hybridized carbons (Fsp3) is 0.118. The van der Waals surface area contributed by atoms with E-state index in [2.05, 4.69) is 6.07 Å². The lowest BCUT2D eigenvalue weighted by atomic mass is 10.1. The first-order valence-corrected chi connectivity index (χ1v) is 6.30. The summed E-state index contributed by atoms with van der Waals surface area (Å²) >= 11 is 0. The van der Waals surface area contributed by atoms with Gasteiger partial charge in [-0.2, -0.15) is 0 Å². The molecule has 0 saturated carbocycles. The Morgan fingerprint density at radius 2 is 1.37 bits per heavy atom. The third-order valence-corrected chi connectivity index (χ3v) is 3.43. The Balaban J connectivity index is 2.67. The summed E-state index contributed by atoms with van der Waals surface area (Å²) in [6.07, 6.45) is 0. The molecule has 0 fully saturated rings. The van der Waals surface area contributed by atoms with Gasteiger partial charge in [-0.3, -0.25) is 4.79 Å². The summed E-state index contributed by atoms with van der Waals surface area (Å²) in [7, 11) is 4.00. The van der Waals surface area contributed by atoms with Crippen molar-refractivity contribution in [2.24, 2.45) is 0 Å². The van der Waals surface area contributed by atoms with Crippen LogP contribution in [0.3, 0.4) is 0 Å². The van der Waals surface area contributed by atoms with Crippen LogP contribution in [0.25, 0.3) is 21.5 Å². The Bertz CT molecular complexity index is 822. The number of benzene rings is 2. The molecule has 0 aliphatic heterocycles. The molecule has 0 N–H and O–H groups in total. The van der Waals surface area contributed by atoms with Gasteiger partial charge in [-0.25, -0.2) is 0 Å². The topological polar surface area (TPSA) is 20.3 Å². The predicted octanol–water partition coefficient (Wildman–Crippen LogP) is 3.42. The van der Waals surface area contributed by atoms with Crippen molar-refractivity contribution < 1.29 is 0 Å². The molecule has 19 heavy (non-hydrogen) atoms. The zero-order valence-corrected chi connectivity index (χ0v) is 11.1. The minimum atomic E-state index is 0.0966. The monoisotopic (exact) mass is 249 g/mol. The van der Waals surface area contributed by atoms with Gasteiger partial charge in [0.2, 0.25) is 0 Å². The van der Waals surface area contributed by atoms with Crippen LogP contribution < -0.4 is 10.3 Å². The first-order chi connectivity index (χ1) is 9.18. The molecule has 0 aliphatic carbocycles. The lowest BCUT2D eigenvalue weighted by Crippen LogP contribution is -2.08. The van der Waals surface area contributed by atoms with Crippen molar-refractivity contribution in [3.63, 3.8) is 0 Å². The summed E-state index contributed by atoms with van der Waals surface area (Å²) in [4.78, 5) is 14.7. The molecule has 0 unspecified atom stereocenters. The van der Waals surface area contributed by atoms with Crippen LogP contribution in [0.15, 0.2) is 59.4 Å². The predicted molar refractivity (Wildman–Crippen MR) is 82.1 cm³/mol. The van der Waals surface area contributed by atoms with E-state index in [1.54, 1.807) is 0 Å². The van der Waals surface area contributed by atoms with Crippen LogP contribution in [0.5, 0.6) is 0 Å². The molecule has 3 rings (SSSR count). The van der Waals surface area contributed by atoms with Crippen LogP contribution >= 0.6 is 0 Å². The van der Waals surface area contributed by atoms with Crippen LogP contribution in [0.4, 0.5) is 5.69 Å². The zero-order valence-electron chi connectivity index (χ0n) is 11.1. The minimum absolute atomic E-state index is 0.0966. The van der Waals surface area contributed by atoms with Gasteiger partial charge in [0.1, 0.15) is 0 Å². The maximum absolute atomic E-state index is 12.6. The van der Waals surface area contributed by atoms with Gasteiger partial charge in [0.05, 0.1) is 0 Å². The minimum Gasteiger partial charge on any atom is -0.377 e. The number of nitrogens with zero attached hydrogens (tertiary/aromatic N) is 1. The van der Waals surface area contributed by atoms with Crippen LogP contribution in [-0.4, -0.2) is 14.1 Å². The van der Waals surface area contributed by atoms with Gasteiger partial charge in [0.25, 0.3) is 0 Å². The second-order valence-electron chi connectivity index (χ2n) is 4.89. The summed E-state index contributed by atoms with van der Waals surface area (Å²) in [6, 6.07) is 17.6. The van der Waals surface area contributed by atoms with Crippen molar-refractivity contribution in [2.75, 3.05) is 19.0 Å². The van der Waals surface area contributed by atoms with Crippen LogP contribution in [0.1, 0.15) is 0 Å². The van der Waals surface area contributed by atoms with Crippen molar-refractivity contribution in [1.82, 2.24) is 0 Å². The molecule has 0 atom stereocenters. The Morgan fingerprint density at radius 1 is 0.789 bits per heavy atom. The first-order valence-electron chi connectivity index (χ1n) is 6.30. The van der Waals surface area contributed by atoms with Crippen LogP contribution in [-0.2, 0) is 0 Å². The Hall–Kier alpha value is -2.35. The van der Waals surface area contributed by atoms with Crippen LogP contribution in [0.2, 0.25) is 0 Å². The molecular formula is C17H15NO. The average molecular weight is 249 g/mol.